The maximum Gasteiger partial charge on any atom is 0.256 e. The highest BCUT2D eigenvalue weighted by molar-refractivity contribution is 6.23. The molecule has 4 rings (SSSR count). The normalized spacial score (nSPS) is 24.7. The smallest absolute Gasteiger partial charge is 0.256 e. The number of aliphatic hydroxyl groups excluding tert-OH is 1. The van der Waals surface area contributed by atoms with Crippen molar-refractivity contribution in [2.45, 2.75) is 45.1 Å². The van der Waals surface area contributed by atoms with Crippen LogP contribution < -0.4 is 5.32 Å². The molecule has 2 aliphatic rings. The minimum atomic E-state index is -0.921. The number of carbonyl (C=O) groups excluding carboxylic acids is 1. The van der Waals surface area contributed by atoms with Gasteiger partial charge in [-0.2, -0.15) is 0 Å². The first-order chi connectivity index (χ1) is 13.3. The number of aryl methyl sites for hydroxylation is 1. The largest absolute Gasteiger partial charge is 0.509 e. The maximum atomic E-state index is 13.7. The van der Waals surface area contributed by atoms with Crippen molar-refractivity contribution in [1.29, 1.82) is 0 Å². The van der Waals surface area contributed by atoms with Gasteiger partial charge in [-0.3, -0.25) is 4.79 Å². The molecule has 0 saturated heterocycles. The lowest BCUT2D eigenvalue weighted by molar-refractivity contribution is -0.116. The van der Waals surface area contributed by atoms with Gasteiger partial charge in [0.15, 0.2) is 11.6 Å². The predicted molar refractivity (Wildman–Crippen MR) is 105 cm³/mol. The molecule has 1 aliphatic carbocycles. The Labute approximate surface area is 163 Å². The van der Waals surface area contributed by atoms with Gasteiger partial charge in [0.2, 0.25) is 0 Å². The fourth-order valence-corrected chi connectivity index (χ4v) is 4.30. The number of halogens is 2. The molecule has 1 saturated carbocycles. The van der Waals surface area contributed by atoms with Crippen LogP contribution in [0.25, 0.3) is 16.7 Å². The SMILES string of the molecule is Cc1ccc(-c2ccc(F)c(F)c2)cc1C1=C(O)C2(CCC(C)CC2)NC1=O. The molecular weight excluding hydrogens is 360 g/mol. The fourth-order valence-electron chi connectivity index (χ4n) is 4.30. The molecule has 0 atom stereocenters. The average Bonchev–Trinajstić information content (AvgIpc) is 2.91. The number of carbonyl (C=O) groups is 1. The zero-order chi connectivity index (χ0) is 20.1. The van der Waals surface area contributed by atoms with E-state index >= 15 is 0 Å². The van der Waals surface area contributed by atoms with Crippen LogP contribution in [-0.4, -0.2) is 16.6 Å². The molecule has 1 spiro atoms. The number of aliphatic hydroxyl groups is 1. The number of amides is 1. The van der Waals surface area contributed by atoms with E-state index < -0.39 is 17.2 Å². The molecule has 0 radical (unpaired) electrons. The Balaban J connectivity index is 1.79. The third-order valence-corrected chi connectivity index (χ3v) is 6.16. The molecule has 0 unspecified atom stereocenters. The van der Waals surface area contributed by atoms with Gasteiger partial charge in [-0.1, -0.05) is 25.1 Å². The number of benzene rings is 2. The minimum Gasteiger partial charge on any atom is -0.509 e. The molecule has 28 heavy (non-hydrogen) atoms. The van der Waals surface area contributed by atoms with Gasteiger partial charge in [0.05, 0.1) is 11.1 Å². The van der Waals surface area contributed by atoms with Crippen molar-refractivity contribution in [1.82, 2.24) is 5.32 Å². The Bertz CT molecular complexity index is 988. The van der Waals surface area contributed by atoms with E-state index in [0.717, 1.165) is 43.4 Å². The summed E-state index contributed by atoms with van der Waals surface area (Å²) in [5.74, 6) is -1.42. The monoisotopic (exact) mass is 383 g/mol. The van der Waals surface area contributed by atoms with Gasteiger partial charge >= 0.3 is 0 Å². The Hall–Kier alpha value is -2.69. The van der Waals surface area contributed by atoms with Crippen molar-refractivity contribution in [2.24, 2.45) is 5.92 Å². The van der Waals surface area contributed by atoms with E-state index in [1.54, 1.807) is 12.1 Å². The molecule has 1 amide bonds. The second-order valence-corrected chi connectivity index (χ2v) is 8.10. The number of hydrogen-bond donors (Lipinski definition) is 2. The zero-order valence-electron chi connectivity index (χ0n) is 16.0. The van der Waals surface area contributed by atoms with E-state index in [9.17, 15) is 18.7 Å². The van der Waals surface area contributed by atoms with Gasteiger partial charge in [0, 0.05) is 0 Å². The highest BCUT2D eigenvalue weighted by Crippen LogP contribution is 2.43. The topological polar surface area (TPSA) is 49.3 Å². The molecule has 3 nitrogen and oxygen atoms in total. The van der Waals surface area contributed by atoms with Gasteiger partial charge < -0.3 is 10.4 Å². The van der Waals surface area contributed by atoms with Crippen LogP contribution in [0.5, 0.6) is 0 Å². The molecule has 0 aromatic heterocycles. The summed E-state index contributed by atoms with van der Waals surface area (Å²) in [5.41, 5.74) is 2.24. The van der Waals surface area contributed by atoms with Crippen molar-refractivity contribution in [3.8, 4) is 11.1 Å². The van der Waals surface area contributed by atoms with E-state index in [4.69, 9.17) is 0 Å². The summed E-state index contributed by atoms with van der Waals surface area (Å²) in [4.78, 5) is 12.8. The van der Waals surface area contributed by atoms with Crippen LogP contribution in [0.3, 0.4) is 0 Å². The molecule has 1 heterocycles. The second-order valence-electron chi connectivity index (χ2n) is 8.10. The van der Waals surface area contributed by atoms with Crippen molar-refractivity contribution in [2.75, 3.05) is 0 Å². The standard InChI is InChI=1S/C23H23F2NO2/c1-13-7-9-23(10-8-13)21(27)20(22(28)26-23)17-11-15(4-3-14(17)2)16-5-6-18(24)19(25)12-16/h3-6,11-13,27H,7-10H2,1-2H3,(H,26,28). The Kier molecular flexibility index (Phi) is 4.48. The lowest BCUT2D eigenvalue weighted by Gasteiger charge is -2.36. The quantitative estimate of drug-likeness (QED) is 0.740. The van der Waals surface area contributed by atoms with E-state index in [1.165, 1.54) is 6.07 Å². The summed E-state index contributed by atoms with van der Waals surface area (Å²) in [6, 6.07) is 9.11. The average molecular weight is 383 g/mol. The first kappa shape index (κ1) is 18.7. The van der Waals surface area contributed by atoms with Crippen LogP contribution in [0.4, 0.5) is 8.78 Å². The molecule has 1 fully saturated rings. The molecule has 0 bridgehead atoms. The summed E-state index contributed by atoms with van der Waals surface area (Å²) in [5, 5.41) is 14.0. The Morgan fingerprint density at radius 3 is 2.36 bits per heavy atom. The van der Waals surface area contributed by atoms with Crippen molar-refractivity contribution in [3.63, 3.8) is 0 Å². The van der Waals surface area contributed by atoms with E-state index in [0.29, 0.717) is 22.6 Å². The molecule has 2 aromatic rings. The second kappa shape index (κ2) is 6.73. The van der Waals surface area contributed by atoms with Crippen LogP contribution in [0.1, 0.15) is 43.7 Å². The predicted octanol–water partition coefficient (Wildman–Crippen LogP) is 5.29. The molecular formula is C23H23F2NO2. The number of rotatable bonds is 2. The Morgan fingerprint density at radius 1 is 1.04 bits per heavy atom. The van der Waals surface area contributed by atoms with Crippen LogP contribution in [0.15, 0.2) is 42.2 Å². The number of hydrogen-bond acceptors (Lipinski definition) is 2. The Morgan fingerprint density at radius 2 is 1.68 bits per heavy atom. The zero-order valence-corrected chi connectivity index (χ0v) is 16.0. The summed E-state index contributed by atoms with van der Waals surface area (Å²) < 4.78 is 26.9. The molecule has 1 aliphatic heterocycles. The van der Waals surface area contributed by atoms with Crippen LogP contribution in [0, 0.1) is 24.5 Å². The molecule has 2 N–H and O–H groups in total. The van der Waals surface area contributed by atoms with E-state index in [2.05, 4.69) is 12.2 Å². The summed E-state index contributed by atoms with van der Waals surface area (Å²) in [7, 11) is 0. The van der Waals surface area contributed by atoms with Crippen LogP contribution in [-0.2, 0) is 4.79 Å². The summed E-state index contributed by atoms with van der Waals surface area (Å²) in [6.07, 6.45) is 3.34. The van der Waals surface area contributed by atoms with Gasteiger partial charge in [-0.05, 0) is 79.0 Å². The van der Waals surface area contributed by atoms with Gasteiger partial charge in [-0.15, -0.1) is 0 Å². The fraction of sp³-hybridized carbons (Fsp3) is 0.348. The van der Waals surface area contributed by atoms with Gasteiger partial charge in [0.1, 0.15) is 5.76 Å². The third-order valence-electron chi connectivity index (χ3n) is 6.16. The lowest BCUT2D eigenvalue weighted by Crippen LogP contribution is -2.47. The highest BCUT2D eigenvalue weighted by atomic mass is 19.2. The summed E-state index contributed by atoms with van der Waals surface area (Å²) >= 11 is 0. The van der Waals surface area contributed by atoms with E-state index in [1.807, 2.05) is 13.0 Å². The van der Waals surface area contributed by atoms with Crippen LogP contribution >= 0.6 is 0 Å². The first-order valence-corrected chi connectivity index (χ1v) is 9.63. The van der Waals surface area contributed by atoms with Gasteiger partial charge in [0.25, 0.3) is 5.91 Å². The van der Waals surface area contributed by atoms with Crippen LogP contribution in [0.2, 0.25) is 0 Å². The van der Waals surface area contributed by atoms with Crippen molar-refractivity contribution in [3.05, 3.63) is 64.9 Å². The van der Waals surface area contributed by atoms with Crippen molar-refractivity contribution >= 4 is 11.5 Å². The number of nitrogens with one attached hydrogen (secondary N) is 1. The van der Waals surface area contributed by atoms with E-state index in [-0.39, 0.29) is 17.2 Å². The summed E-state index contributed by atoms with van der Waals surface area (Å²) in [6.45, 7) is 4.05. The molecule has 146 valence electrons. The first-order valence-electron chi connectivity index (χ1n) is 9.63. The lowest BCUT2D eigenvalue weighted by atomic mass is 9.76. The third kappa shape index (κ3) is 2.99. The van der Waals surface area contributed by atoms with Crippen molar-refractivity contribution < 1.29 is 18.7 Å². The highest BCUT2D eigenvalue weighted by Gasteiger charge is 2.47. The maximum absolute atomic E-state index is 13.7. The molecule has 5 heteroatoms. The molecule has 2 aromatic carbocycles. The van der Waals surface area contributed by atoms with Gasteiger partial charge in [-0.25, -0.2) is 8.78 Å². The minimum absolute atomic E-state index is 0.106.